The van der Waals surface area contributed by atoms with Gasteiger partial charge in [0.25, 0.3) is 0 Å². The van der Waals surface area contributed by atoms with Crippen LogP contribution in [0, 0.1) is 6.92 Å². The quantitative estimate of drug-likeness (QED) is 0.241. The van der Waals surface area contributed by atoms with Crippen LogP contribution in [0.25, 0.3) is 11.1 Å². The van der Waals surface area contributed by atoms with E-state index in [0.29, 0.717) is 27.9 Å². The van der Waals surface area contributed by atoms with Crippen LogP contribution in [0.3, 0.4) is 0 Å². The third kappa shape index (κ3) is 5.23. The van der Waals surface area contributed by atoms with E-state index in [9.17, 15) is 13.2 Å². The molecule has 30 heavy (non-hydrogen) atoms. The molecular weight excluding hydrogens is 475 g/mol. The Morgan fingerprint density at radius 2 is 1.87 bits per heavy atom. The minimum atomic E-state index is -4.44. The van der Waals surface area contributed by atoms with Gasteiger partial charge >= 0.3 is 6.18 Å². The van der Waals surface area contributed by atoms with E-state index < -0.39 is 11.7 Å². The van der Waals surface area contributed by atoms with E-state index in [2.05, 4.69) is 25.9 Å². The van der Waals surface area contributed by atoms with Gasteiger partial charge in [-0.2, -0.15) is 13.2 Å². The van der Waals surface area contributed by atoms with Gasteiger partial charge in [0.2, 0.25) is 0 Å². The number of aromatic nitrogens is 1. The molecule has 0 amide bonds. The van der Waals surface area contributed by atoms with Crippen molar-refractivity contribution in [3.05, 3.63) is 75.9 Å². The Balaban J connectivity index is 2.02. The summed E-state index contributed by atoms with van der Waals surface area (Å²) >= 11 is 5.05. The third-order valence-electron chi connectivity index (χ3n) is 4.53. The minimum Gasteiger partial charge on any atom is -0.387 e. The van der Waals surface area contributed by atoms with Gasteiger partial charge in [-0.3, -0.25) is 0 Å². The van der Waals surface area contributed by atoms with Crippen molar-refractivity contribution in [3.63, 3.8) is 0 Å². The standard InChI is InChI=1S/C22H19BrF3N3S/c1-13-18(23)12-28-21(20(13)15-4-3-5-16(11-15)22(24,25)26)29-19(27)10-14-6-8-17(30-2)9-7-14/h3-9,11-12H,10H2,1-2H3,(H2,27,28,29). The van der Waals surface area contributed by atoms with Crippen LogP contribution in [-0.4, -0.2) is 17.1 Å². The Morgan fingerprint density at radius 1 is 1.17 bits per heavy atom. The van der Waals surface area contributed by atoms with Gasteiger partial charge < -0.3 is 5.73 Å². The molecule has 0 unspecified atom stereocenters. The second-order valence-corrected chi connectivity index (χ2v) is 8.37. The summed E-state index contributed by atoms with van der Waals surface area (Å²) in [6.07, 6.45) is -0.449. The Kier molecular flexibility index (Phi) is 6.88. The van der Waals surface area contributed by atoms with E-state index in [0.717, 1.165) is 28.2 Å². The molecule has 1 aromatic heterocycles. The monoisotopic (exact) mass is 493 g/mol. The van der Waals surface area contributed by atoms with Crippen LogP contribution < -0.4 is 5.73 Å². The number of alkyl halides is 3. The van der Waals surface area contributed by atoms with E-state index in [1.807, 2.05) is 30.5 Å². The molecule has 0 saturated heterocycles. The van der Waals surface area contributed by atoms with Crippen molar-refractivity contribution in [2.24, 2.45) is 10.7 Å². The summed E-state index contributed by atoms with van der Waals surface area (Å²) in [5.41, 5.74) is 8.05. The summed E-state index contributed by atoms with van der Waals surface area (Å²) in [7, 11) is 0. The maximum absolute atomic E-state index is 13.2. The molecule has 1 heterocycles. The Labute approximate surface area is 185 Å². The lowest BCUT2D eigenvalue weighted by Gasteiger charge is -2.14. The summed E-state index contributed by atoms with van der Waals surface area (Å²) < 4.78 is 40.3. The van der Waals surface area contributed by atoms with Gasteiger partial charge in [0, 0.05) is 27.5 Å². The first-order chi connectivity index (χ1) is 14.2. The lowest BCUT2D eigenvalue weighted by molar-refractivity contribution is -0.137. The van der Waals surface area contributed by atoms with Crippen LogP contribution in [0.15, 0.2) is 69.1 Å². The van der Waals surface area contributed by atoms with Gasteiger partial charge in [-0.05, 0) is 70.1 Å². The molecule has 3 aromatic rings. The summed E-state index contributed by atoms with van der Waals surface area (Å²) in [6.45, 7) is 1.80. The molecule has 0 saturated carbocycles. The fraction of sp³-hybridized carbons (Fsp3) is 0.182. The first kappa shape index (κ1) is 22.4. The van der Waals surface area contributed by atoms with Crippen LogP contribution >= 0.6 is 27.7 Å². The molecule has 2 aromatic carbocycles. The van der Waals surface area contributed by atoms with Crippen LogP contribution in [-0.2, 0) is 12.6 Å². The zero-order chi connectivity index (χ0) is 21.9. The average Bonchev–Trinajstić information content (AvgIpc) is 2.71. The molecule has 0 aliphatic rings. The highest BCUT2D eigenvalue weighted by Crippen LogP contribution is 2.38. The highest BCUT2D eigenvalue weighted by molar-refractivity contribution is 9.10. The van der Waals surface area contributed by atoms with Gasteiger partial charge in [-0.25, -0.2) is 9.98 Å². The Morgan fingerprint density at radius 3 is 2.50 bits per heavy atom. The molecule has 3 rings (SSSR count). The van der Waals surface area contributed by atoms with Crippen LogP contribution in [0.4, 0.5) is 19.0 Å². The van der Waals surface area contributed by atoms with E-state index in [1.165, 1.54) is 6.07 Å². The fourth-order valence-corrected chi connectivity index (χ4v) is 3.68. The zero-order valence-corrected chi connectivity index (χ0v) is 18.7. The van der Waals surface area contributed by atoms with Crippen molar-refractivity contribution in [3.8, 4) is 11.1 Å². The summed E-state index contributed by atoms with van der Waals surface area (Å²) in [4.78, 5) is 9.91. The first-order valence-corrected chi connectivity index (χ1v) is 11.0. The molecule has 156 valence electrons. The molecule has 0 spiro atoms. The van der Waals surface area contributed by atoms with Gasteiger partial charge in [0.05, 0.1) is 5.56 Å². The highest BCUT2D eigenvalue weighted by Gasteiger charge is 2.30. The van der Waals surface area contributed by atoms with Crippen LogP contribution in [0.2, 0.25) is 0 Å². The van der Waals surface area contributed by atoms with E-state index in [4.69, 9.17) is 5.73 Å². The highest BCUT2D eigenvalue weighted by atomic mass is 79.9. The van der Waals surface area contributed by atoms with Crippen LogP contribution in [0.5, 0.6) is 0 Å². The summed E-state index contributed by atoms with van der Waals surface area (Å²) in [5.74, 6) is 0.614. The predicted octanol–water partition coefficient (Wildman–Crippen LogP) is 6.79. The molecule has 0 aliphatic heterocycles. The molecule has 3 nitrogen and oxygen atoms in total. The third-order valence-corrected chi connectivity index (χ3v) is 6.07. The molecule has 0 aliphatic carbocycles. The number of nitrogens with two attached hydrogens (primary N) is 1. The van der Waals surface area contributed by atoms with E-state index >= 15 is 0 Å². The smallest absolute Gasteiger partial charge is 0.387 e. The number of pyridine rings is 1. The molecule has 0 bridgehead atoms. The van der Waals surface area contributed by atoms with Gasteiger partial charge in [-0.1, -0.05) is 24.3 Å². The second kappa shape index (κ2) is 9.22. The summed E-state index contributed by atoms with van der Waals surface area (Å²) in [6, 6.07) is 13.1. The second-order valence-electron chi connectivity index (χ2n) is 6.64. The number of thioether (sulfide) groups is 1. The molecule has 0 atom stereocenters. The Hall–Kier alpha value is -2.32. The maximum atomic E-state index is 13.2. The van der Waals surface area contributed by atoms with Gasteiger partial charge in [0.15, 0.2) is 5.82 Å². The molecular formula is C22H19BrF3N3S. The number of aliphatic imine (C=N–C) groups is 1. The van der Waals surface area contributed by atoms with Crippen molar-refractivity contribution >= 4 is 39.3 Å². The molecule has 2 N–H and O–H groups in total. The molecule has 8 heteroatoms. The van der Waals surface area contributed by atoms with Crippen molar-refractivity contribution in [1.82, 2.24) is 4.98 Å². The maximum Gasteiger partial charge on any atom is 0.416 e. The van der Waals surface area contributed by atoms with Crippen LogP contribution in [0.1, 0.15) is 16.7 Å². The van der Waals surface area contributed by atoms with Crippen molar-refractivity contribution in [2.75, 3.05) is 6.26 Å². The average molecular weight is 494 g/mol. The SMILES string of the molecule is CSc1ccc(CC(N)=Nc2ncc(Br)c(C)c2-c2cccc(C(F)(F)F)c2)cc1. The zero-order valence-electron chi connectivity index (χ0n) is 16.3. The number of rotatable bonds is 5. The van der Waals surface area contributed by atoms with Crippen molar-refractivity contribution in [2.45, 2.75) is 24.4 Å². The minimum absolute atomic E-state index is 0.285. The number of amidine groups is 1. The topological polar surface area (TPSA) is 51.3 Å². The lowest BCUT2D eigenvalue weighted by Crippen LogP contribution is -2.14. The molecule has 0 radical (unpaired) electrons. The number of hydrogen-bond acceptors (Lipinski definition) is 3. The predicted molar refractivity (Wildman–Crippen MR) is 120 cm³/mol. The lowest BCUT2D eigenvalue weighted by atomic mass is 9.99. The number of hydrogen-bond donors (Lipinski definition) is 1. The Bertz CT molecular complexity index is 1080. The van der Waals surface area contributed by atoms with E-state index in [1.54, 1.807) is 30.9 Å². The first-order valence-electron chi connectivity index (χ1n) is 8.97. The number of benzene rings is 2. The van der Waals surface area contributed by atoms with Crippen molar-refractivity contribution < 1.29 is 13.2 Å². The normalized spacial score (nSPS) is 12.3. The fourth-order valence-electron chi connectivity index (χ4n) is 2.98. The van der Waals surface area contributed by atoms with Crippen molar-refractivity contribution in [1.29, 1.82) is 0 Å². The van der Waals surface area contributed by atoms with Gasteiger partial charge in [-0.15, -0.1) is 11.8 Å². The van der Waals surface area contributed by atoms with E-state index in [-0.39, 0.29) is 5.82 Å². The number of nitrogens with zero attached hydrogens (tertiary/aromatic N) is 2. The van der Waals surface area contributed by atoms with Gasteiger partial charge in [0.1, 0.15) is 5.84 Å². The molecule has 0 fully saturated rings. The summed E-state index contributed by atoms with van der Waals surface area (Å²) in [5, 5.41) is 0. The number of halogens is 4. The largest absolute Gasteiger partial charge is 0.416 e.